The fourth-order valence-electron chi connectivity index (χ4n) is 2.31. The van der Waals surface area contributed by atoms with Gasteiger partial charge in [0.2, 0.25) is 0 Å². The molecular weight excluding hydrogens is 386 g/mol. The highest BCUT2D eigenvalue weighted by atomic mass is 35.5. The monoisotopic (exact) mass is 399 g/mol. The predicted molar refractivity (Wildman–Crippen MR) is 108 cm³/mol. The van der Waals surface area contributed by atoms with Crippen molar-refractivity contribution in [1.82, 2.24) is 5.32 Å². The first-order valence-corrected chi connectivity index (χ1v) is 9.01. The number of carbonyl (C=O) groups excluding carboxylic acids is 2. The minimum Gasteiger partial charge on any atom is -0.466 e. The van der Waals surface area contributed by atoms with Crippen molar-refractivity contribution in [2.75, 3.05) is 7.11 Å². The molecule has 0 atom stereocenters. The Morgan fingerprint density at radius 3 is 2.81 bits per heavy atom. The van der Waals surface area contributed by atoms with Crippen LogP contribution in [0.25, 0.3) is 11.1 Å². The molecule has 136 valence electrons. The fraction of sp³-hybridized carbons (Fsp3) is 0.0526. The summed E-state index contributed by atoms with van der Waals surface area (Å²) in [5.74, 6) is -1.02. The molecule has 8 heteroatoms. The predicted octanol–water partition coefficient (Wildman–Crippen LogP) is 3.62. The maximum Gasteiger partial charge on any atom is 0.331 e. The third-order valence-electron chi connectivity index (χ3n) is 3.54. The average molecular weight is 400 g/mol. The lowest BCUT2D eigenvalue weighted by Crippen LogP contribution is -2.19. The second-order valence-electron chi connectivity index (χ2n) is 5.34. The van der Waals surface area contributed by atoms with Crippen LogP contribution < -0.4 is 5.32 Å². The molecule has 0 aliphatic carbocycles. The van der Waals surface area contributed by atoms with Crippen molar-refractivity contribution in [3.63, 3.8) is 0 Å². The Morgan fingerprint density at radius 2 is 2.04 bits per heavy atom. The van der Waals surface area contributed by atoms with Gasteiger partial charge in [-0.15, -0.1) is 5.10 Å². The van der Waals surface area contributed by atoms with Crippen molar-refractivity contribution in [2.24, 2.45) is 10.2 Å². The molecule has 0 saturated carbocycles. The number of hydrogen-bond acceptors (Lipinski definition) is 6. The maximum absolute atomic E-state index is 11.8. The largest absolute Gasteiger partial charge is 0.466 e. The summed E-state index contributed by atoms with van der Waals surface area (Å²) < 4.78 is 4.51. The zero-order valence-electron chi connectivity index (χ0n) is 14.2. The van der Waals surface area contributed by atoms with E-state index in [4.69, 9.17) is 11.6 Å². The van der Waals surface area contributed by atoms with Crippen LogP contribution in [0.4, 0.5) is 0 Å². The zero-order valence-corrected chi connectivity index (χ0v) is 15.8. The van der Waals surface area contributed by atoms with Crippen LogP contribution >= 0.6 is 23.4 Å². The third-order valence-corrected chi connectivity index (χ3v) is 4.68. The van der Waals surface area contributed by atoms with Gasteiger partial charge in [-0.25, -0.2) is 4.79 Å². The second kappa shape index (κ2) is 8.66. The number of nitrogens with one attached hydrogen (secondary N) is 1. The van der Waals surface area contributed by atoms with E-state index in [9.17, 15) is 9.59 Å². The summed E-state index contributed by atoms with van der Waals surface area (Å²) in [4.78, 5) is 23.2. The van der Waals surface area contributed by atoms with E-state index in [1.165, 1.54) is 7.11 Å². The molecule has 0 bridgehead atoms. The topological polar surface area (TPSA) is 80.1 Å². The first-order chi connectivity index (χ1) is 13.1. The van der Waals surface area contributed by atoms with Gasteiger partial charge in [-0.1, -0.05) is 48.0 Å². The number of carbonyl (C=O) groups is 2. The highest BCUT2D eigenvalue weighted by Gasteiger charge is 2.25. The summed E-state index contributed by atoms with van der Waals surface area (Å²) in [5.41, 5.74) is 2.77. The molecule has 1 amide bonds. The molecule has 0 unspecified atom stereocenters. The lowest BCUT2D eigenvalue weighted by molar-refractivity contribution is -0.135. The van der Waals surface area contributed by atoms with Crippen molar-refractivity contribution >= 4 is 46.6 Å². The molecule has 1 heterocycles. The first kappa shape index (κ1) is 18.9. The Hall–Kier alpha value is -2.90. The van der Waals surface area contributed by atoms with Crippen molar-refractivity contribution in [1.29, 1.82) is 0 Å². The Labute approximate surface area is 165 Å². The van der Waals surface area contributed by atoms with Gasteiger partial charge in [-0.2, -0.15) is 5.10 Å². The van der Waals surface area contributed by atoms with Crippen LogP contribution in [0.3, 0.4) is 0 Å². The summed E-state index contributed by atoms with van der Waals surface area (Å²) in [6.07, 6.45) is 2.71. The molecule has 3 rings (SSSR count). The number of benzene rings is 2. The van der Waals surface area contributed by atoms with Crippen LogP contribution in [-0.2, 0) is 14.3 Å². The molecule has 0 aromatic heterocycles. The van der Waals surface area contributed by atoms with Crippen molar-refractivity contribution in [2.45, 2.75) is 0 Å². The van der Waals surface area contributed by atoms with Crippen molar-refractivity contribution < 1.29 is 14.3 Å². The molecule has 0 radical (unpaired) electrons. The molecule has 1 aliphatic heterocycles. The van der Waals surface area contributed by atoms with E-state index >= 15 is 0 Å². The van der Waals surface area contributed by atoms with Gasteiger partial charge in [0.05, 0.1) is 18.2 Å². The molecule has 1 fully saturated rings. The highest BCUT2D eigenvalue weighted by molar-refractivity contribution is 8.18. The van der Waals surface area contributed by atoms with Gasteiger partial charge in [0, 0.05) is 16.7 Å². The number of amides is 1. The lowest BCUT2D eigenvalue weighted by atomic mass is 10.0. The number of halogens is 1. The molecule has 1 aliphatic rings. The molecule has 2 aromatic rings. The lowest BCUT2D eigenvalue weighted by Gasteiger charge is -2.05. The molecule has 1 N–H and O–H groups in total. The minimum absolute atomic E-state index is 0.204. The highest BCUT2D eigenvalue weighted by Crippen LogP contribution is 2.26. The third kappa shape index (κ3) is 4.84. The quantitative estimate of drug-likeness (QED) is 0.368. The maximum atomic E-state index is 11.8. The second-order valence-corrected chi connectivity index (χ2v) is 6.80. The van der Waals surface area contributed by atoms with E-state index in [1.807, 2.05) is 48.5 Å². The fourth-order valence-corrected chi connectivity index (χ4v) is 3.24. The first-order valence-electron chi connectivity index (χ1n) is 7.81. The number of thioether (sulfide) groups is 1. The number of esters is 1. The molecule has 0 spiro atoms. The van der Waals surface area contributed by atoms with Crippen LogP contribution in [0.5, 0.6) is 0 Å². The van der Waals surface area contributed by atoms with Gasteiger partial charge < -0.3 is 4.74 Å². The molecular formula is C19H14ClN3O3S. The number of ether oxygens (including phenoxy) is 1. The van der Waals surface area contributed by atoms with Crippen LogP contribution in [0, 0.1) is 0 Å². The van der Waals surface area contributed by atoms with E-state index in [0.717, 1.165) is 34.5 Å². The number of nitrogens with zero attached hydrogens (tertiary/aromatic N) is 2. The number of hydrogen-bond donors (Lipinski definition) is 1. The number of amidine groups is 1. The molecule has 6 nitrogen and oxygen atoms in total. The zero-order chi connectivity index (χ0) is 19.2. The minimum atomic E-state index is -0.604. The van der Waals surface area contributed by atoms with Crippen LogP contribution in [0.1, 0.15) is 5.56 Å². The summed E-state index contributed by atoms with van der Waals surface area (Å²) in [7, 11) is 1.24. The van der Waals surface area contributed by atoms with Gasteiger partial charge in [0.1, 0.15) is 0 Å². The Balaban J connectivity index is 1.80. The van der Waals surface area contributed by atoms with Gasteiger partial charge in [-0.05, 0) is 35.0 Å². The van der Waals surface area contributed by atoms with Crippen molar-refractivity contribution in [3.8, 4) is 11.1 Å². The summed E-state index contributed by atoms with van der Waals surface area (Å²) in [6.45, 7) is 0. The van der Waals surface area contributed by atoms with Crippen molar-refractivity contribution in [3.05, 3.63) is 70.1 Å². The van der Waals surface area contributed by atoms with E-state index < -0.39 is 11.9 Å². The van der Waals surface area contributed by atoms with Crippen LogP contribution in [0.15, 0.2) is 69.7 Å². The summed E-state index contributed by atoms with van der Waals surface area (Å²) in [5, 5.41) is 11.5. The Bertz CT molecular complexity index is 986. The van der Waals surface area contributed by atoms with Gasteiger partial charge >= 0.3 is 5.97 Å². The summed E-state index contributed by atoms with van der Waals surface area (Å²) in [6, 6.07) is 15.2. The molecule has 2 aromatic carbocycles. The number of rotatable bonds is 4. The van der Waals surface area contributed by atoms with E-state index in [1.54, 1.807) is 6.21 Å². The number of methoxy groups -OCH3 is 1. The molecule has 1 saturated heterocycles. The van der Waals surface area contributed by atoms with Gasteiger partial charge in [0.15, 0.2) is 5.17 Å². The van der Waals surface area contributed by atoms with E-state index in [2.05, 4.69) is 20.3 Å². The van der Waals surface area contributed by atoms with Gasteiger partial charge in [-0.3, -0.25) is 10.1 Å². The van der Waals surface area contributed by atoms with Crippen LogP contribution in [0.2, 0.25) is 5.02 Å². The Morgan fingerprint density at radius 1 is 1.22 bits per heavy atom. The Kier molecular flexibility index (Phi) is 6.05. The standard InChI is InChI=1S/C19H14ClN3O3S/c1-26-17(24)10-16-18(25)22-19(27-16)23-21-11-13-5-2-3-8-15(13)12-6-4-7-14(20)9-12/h2-11H,1H3,(H,22,23,25)/b16-10+,21-11?. The SMILES string of the molecule is COC(=O)/C=C1/S/C(=N\N=Cc2ccccc2-c2cccc(Cl)c2)NC1=O. The van der Waals surface area contributed by atoms with E-state index in [-0.39, 0.29) is 10.1 Å². The normalized spacial score (nSPS) is 16.9. The average Bonchev–Trinajstić information content (AvgIpc) is 3.01. The van der Waals surface area contributed by atoms with Gasteiger partial charge in [0.25, 0.3) is 5.91 Å². The summed E-state index contributed by atoms with van der Waals surface area (Å²) >= 11 is 7.09. The smallest absolute Gasteiger partial charge is 0.331 e. The molecule has 27 heavy (non-hydrogen) atoms. The van der Waals surface area contributed by atoms with Crippen LogP contribution in [-0.4, -0.2) is 30.4 Å². The van der Waals surface area contributed by atoms with E-state index in [0.29, 0.717) is 5.02 Å².